The number of aromatic nitrogens is 1. The lowest BCUT2D eigenvalue weighted by Crippen LogP contribution is -2.02. The van der Waals surface area contributed by atoms with Gasteiger partial charge in [-0.15, -0.1) is 11.3 Å². The molecule has 0 unspecified atom stereocenters. The van der Waals surface area contributed by atoms with Crippen molar-refractivity contribution in [3.05, 3.63) is 21.2 Å². The molecule has 0 fully saturated rings. The molecule has 0 bridgehead atoms. The van der Waals surface area contributed by atoms with Crippen LogP contribution in [-0.2, 0) is 0 Å². The van der Waals surface area contributed by atoms with Gasteiger partial charge in [-0.1, -0.05) is 45.1 Å². The normalized spacial score (nSPS) is 12.4. The summed E-state index contributed by atoms with van der Waals surface area (Å²) in [6.07, 6.45) is 10.3. The van der Waals surface area contributed by atoms with Gasteiger partial charge < -0.3 is 0 Å². The maximum atomic E-state index is 4.64. The molecule has 0 amide bonds. The highest BCUT2D eigenvalue weighted by Gasteiger charge is 2.11. The first-order valence-electron chi connectivity index (χ1n) is 7.70. The number of allylic oxidation sites excluding steroid dienone is 1. The van der Waals surface area contributed by atoms with Crippen LogP contribution >= 0.6 is 11.3 Å². The summed E-state index contributed by atoms with van der Waals surface area (Å²) in [6, 6.07) is 0. The lowest BCUT2D eigenvalue weighted by Gasteiger charge is -2.17. The molecule has 19 heavy (non-hydrogen) atoms. The van der Waals surface area contributed by atoms with Gasteiger partial charge in [-0.25, -0.2) is 4.98 Å². The van der Waals surface area contributed by atoms with Crippen LogP contribution in [0.1, 0.15) is 74.9 Å². The lowest BCUT2D eigenvalue weighted by atomic mass is 9.89. The molecule has 0 aromatic carbocycles. The van der Waals surface area contributed by atoms with Crippen LogP contribution in [0.25, 0.3) is 6.08 Å². The van der Waals surface area contributed by atoms with E-state index in [-0.39, 0.29) is 0 Å². The zero-order valence-electron chi connectivity index (χ0n) is 13.3. The summed E-state index contributed by atoms with van der Waals surface area (Å²) in [4.78, 5) is 5.98. The molecule has 0 aliphatic carbocycles. The van der Waals surface area contributed by atoms with E-state index in [0.717, 1.165) is 5.92 Å². The number of rotatable bonds is 8. The van der Waals surface area contributed by atoms with Crippen LogP contribution in [0.3, 0.4) is 0 Å². The highest BCUT2D eigenvalue weighted by molar-refractivity contribution is 7.12. The van der Waals surface area contributed by atoms with Gasteiger partial charge in [0.15, 0.2) is 0 Å². The van der Waals surface area contributed by atoms with E-state index in [1.807, 2.05) is 11.3 Å². The Balaban J connectivity index is 2.75. The highest BCUT2D eigenvalue weighted by Crippen LogP contribution is 2.27. The van der Waals surface area contributed by atoms with Gasteiger partial charge in [0.2, 0.25) is 0 Å². The predicted octanol–water partition coefficient (Wildman–Crippen LogP) is 6.16. The van der Waals surface area contributed by atoms with Crippen LogP contribution in [0.2, 0.25) is 0 Å². The second-order valence-corrected chi connectivity index (χ2v) is 6.80. The van der Waals surface area contributed by atoms with E-state index >= 15 is 0 Å². The fourth-order valence-electron chi connectivity index (χ4n) is 2.37. The summed E-state index contributed by atoms with van der Waals surface area (Å²) in [5.74, 6) is 0.754. The average Bonchev–Trinajstić information content (AvgIpc) is 2.68. The smallest absolute Gasteiger partial charge is 0.116 e. The molecule has 1 aromatic heterocycles. The zero-order valence-corrected chi connectivity index (χ0v) is 14.1. The lowest BCUT2D eigenvalue weighted by molar-refractivity contribution is 0.477. The summed E-state index contributed by atoms with van der Waals surface area (Å²) < 4.78 is 0. The minimum Gasteiger partial charge on any atom is -0.242 e. The number of hydrogen-bond acceptors (Lipinski definition) is 2. The Morgan fingerprint density at radius 2 is 1.74 bits per heavy atom. The Hall–Kier alpha value is -0.630. The molecule has 108 valence electrons. The van der Waals surface area contributed by atoms with E-state index in [9.17, 15) is 0 Å². The van der Waals surface area contributed by atoms with E-state index < -0.39 is 0 Å². The molecular weight excluding hydrogens is 250 g/mol. The largest absolute Gasteiger partial charge is 0.242 e. The van der Waals surface area contributed by atoms with Crippen molar-refractivity contribution in [3.8, 4) is 0 Å². The molecule has 0 aliphatic rings. The maximum Gasteiger partial charge on any atom is 0.116 e. The first-order valence-corrected chi connectivity index (χ1v) is 8.52. The third-order valence-electron chi connectivity index (χ3n) is 3.85. The van der Waals surface area contributed by atoms with Crippen LogP contribution in [0.5, 0.6) is 0 Å². The molecule has 0 aliphatic heterocycles. The van der Waals surface area contributed by atoms with E-state index in [2.05, 4.69) is 45.7 Å². The summed E-state index contributed by atoms with van der Waals surface area (Å²) in [6.45, 7) is 11.1. The van der Waals surface area contributed by atoms with Gasteiger partial charge in [0, 0.05) is 4.88 Å². The highest BCUT2D eigenvalue weighted by atomic mass is 32.1. The molecule has 0 N–H and O–H groups in total. The maximum absolute atomic E-state index is 4.64. The van der Waals surface area contributed by atoms with Crippen LogP contribution < -0.4 is 0 Å². The quantitative estimate of drug-likeness (QED) is 0.555. The number of nitrogens with zero attached hydrogens (tertiary/aromatic N) is 1. The minimum atomic E-state index is 0.754. The summed E-state index contributed by atoms with van der Waals surface area (Å²) in [7, 11) is 0. The van der Waals surface area contributed by atoms with E-state index in [0.29, 0.717) is 0 Å². The van der Waals surface area contributed by atoms with Crippen molar-refractivity contribution in [1.29, 1.82) is 0 Å². The van der Waals surface area contributed by atoms with Gasteiger partial charge in [0.05, 0.1) is 5.69 Å². The van der Waals surface area contributed by atoms with Gasteiger partial charge in [0.25, 0.3) is 0 Å². The van der Waals surface area contributed by atoms with E-state index in [1.165, 1.54) is 59.7 Å². The van der Waals surface area contributed by atoms with Gasteiger partial charge in [0.1, 0.15) is 5.01 Å². The second kappa shape index (κ2) is 8.52. The van der Waals surface area contributed by atoms with Crippen molar-refractivity contribution >= 4 is 17.4 Å². The van der Waals surface area contributed by atoms with Gasteiger partial charge in [-0.2, -0.15) is 0 Å². The number of aryl methyl sites for hydroxylation is 2. The van der Waals surface area contributed by atoms with Crippen LogP contribution in [0.4, 0.5) is 0 Å². The molecule has 0 saturated heterocycles. The van der Waals surface area contributed by atoms with Crippen molar-refractivity contribution in [2.24, 2.45) is 5.92 Å². The third-order valence-corrected chi connectivity index (χ3v) is 4.87. The SMILES string of the molecule is CCCCC(CCCC)/C(C)=C/c1nc(C)c(C)s1. The summed E-state index contributed by atoms with van der Waals surface area (Å²) in [5.41, 5.74) is 2.71. The molecular formula is C17H29NS. The van der Waals surface area contributed by atoms with Crippen LogP contribution in [0, 0.1) is 19.8 Å². The fourth-order valence-corrected chi connectivity index (χ4v) is 3.31. The van der Waals surface area contributed by atoms with Crippen molar-refractivity contribution in [2.75, 3.05) is 0 Å². The summed E-state index contributed by atoms with van der Waals surface area (Å²) in [5, 5.41) is 1.19. The van der Waals surface area contributed by atoms with E-state index in [1.54, 1.807) is 0 Å². The topological polar surface area (TPSA) is 12.9 Å². The summed E-state index contributed by atoms with van der Waals surface area (Å²) >= 11 is 1.82. The number of hydrogen-bond donors (Lipinski definition) is 0. The monoisotopic (exact) mass is 279 g/mol. The van der Waals surface area contributed by atoms with Crippen molar-refractivity contribution < 1.29 is 0 Å². The third kappa shape index (κ3) is 5.48. The molecule has 0 saturated carbocycles. The Morgan fingerprint density at radius 1 is 1.16 bits per heavy atom. The number of thiazole rings is 1. The minimum absolute atomic E-state index is 0.754. The van der Waals surface area contributed by atoms with Crippen molar-refractivity contribution in [2.45, 2.75) is 73.1 Å². The molecule has 1 rings (SSSR count). The van der Waals surface area contributed by atoms with Crippen molar-refractivity contribution in [3.63, 3.8) is 0 Å². The fraction of sp³-hybridized carbons (Fsp3) is 0.706. The average molecular weight is 279 g/mol. The molecule has 0 radical (unpaired) electrons. The molecule has 0 atom stereocenters. The first-order chi connectivity index (χ1) is 9.08. The molecule has 1 aromatic rings. The Morgan fingerprint density at radius 3 is 2.16 bits per heavy atom. The van der Waals surface area contributed by atoms with Crippen LogP contribution in [-0.4, -0.2) is 4.98 Å². The predicted molar refractivity (Wildman–Crippen MR) is 87.8 cm³/mol. The second-order valence-electron chi connectivity index (χ2n) is 5.56. The zero-order chi connectivity index (χ0) is 14.3. The standard InChI is InChI=1S/C17H29NS/c1-6-8-10-16(11-9-7-2)13(3)12-17-18-14(4)15(5)19-17/h12,16H,6-11H2,1-5H3/b13-12+. The molecule has 1 heterocycles. The van der Waals surface area contributed by atoms with Gasteiger partial charge in [-0.05, 0) is 45.6 Å². The van der Waals surface area contributed by atoms with Gasteiger partial charge >= 0.3 is 0 Å². The number of unbranched alkanes of at least 4 members (excludes halogenated alkanes) is 2. The first kappa shape index (κ1) is 16.4. The molecule has 1 nitrogen and oxygen atoms in total. The Labute approximate surface area is 123 Å². The van der Waals surface area contributed by atoms with Gasteiger partial charge in [-0.3, -0.25) is 0 Å². The Kier molecular flexibility index (Phi) is 7.37. The van der Waals surface area contributed by atoms with Crippen LogP contribution in [0.15, 0.2) is 5.57 Å². The van der Waals surface area contributed by atoms with E-state index in [4.69, 9.17) is 0 Å². The van der Waals surface area contributed by atoms with Crippen molar-refractivity contribution in [1.82, 2.24) is 4.98 Å². The Bertz CT molecular complexity index is 376. The molecule has 0 spiro atoms. The molecule has 2 heteroatoms.